The van der Waals surface area contributed by atoms with Gasteiger partial charge in [0.1, 0.15) is 23.2 Å². The number of carbonyl (C=O) groups excluding carboxylic acids is 2. The number of hydrogen-bond acceptors (Lipinski definition) is 6. The summed E-state index contributed by atoms with van der Waals surface area (Å²) in [7, 11) is 0. The van der Waals surface area contributed by atoms with Crippen molar-refractivity contribution in [3.8, 4) is 11.8 Å². The molecule has 0 aromatic heterocycles. The first kappa shape index (κ1) is 23.9. The lowest BCUT2D eigenvalue weighted by Gasteiger charge is -2.31. The van der Waals surface area contributed by atoms with Crippen LogP contribution in [0, 0.1) is 11.3 Å². The van der Waals surface area contributed by atoms with Gasteiger partial charge in [-0.1, -0.05) is 18.2 Å². The van der Waals surface area contributed by atoms with E-state index in [2.05, 4.69) is 5.32 Å². The van der Waals surface area contributed by atoms with Gasteiger partial charge in [0.15, 0.2) is 12.4 Å². The lowest BCUT2D eigenvalue weighted by molar-refractivity contribution is -0.137. The molecule has 1 atom stereocenters. The van der Waals surface area contributed by atoms with Crippen molar-refractivity contribution in [1.29, 1.82) is 5.26 Å². The number of ether oxygens (including phenoxy) is 2. The van der Waals surface area contributed by atoms with Gasteiger partial charge >= 0.3 is 6.18 Å². The summed E-state index contributed by atoms with van der Waals surface area (Å²) in [6.07, 6.45) is -2.96. The van der Waals surface area contributed by atoms with Gasteiger partial charge in [-0.25, -0.2) is 0 Å². The molecule has 180 valence electrons. The Bertz CT molecular complexity index is 1270. The number of Topliss-reactive ketones (excluding diaryl/α,β-unsaturated/α-hetero) is 1. The maximum Gasteiger partial charge on any atom is 0.416 e. The molecule has 10 heteroatoms. The monoisotopic (exact) mass is 483 g/mol. The molecule has 0 bridgehead atoms. The van der Waals surface area contributed by atoms with Crippen LogP contribution in [0.5, 0.6) is 5.75 Å². The Morgan fingerprint density at radius 1 is 1.20 bits per heavy atom. The number of allylic oxidation sites excluding steroid dienone is 3. The fourth-order valence-corrected chi connectivity index (χ4v) is 4.07. The predicted octanol–water partition coefficient (Wildman–Crippen LogP) is 4.54. The number of nitrogens with two attached hydrogens (primary N) is 1. The maximum atomic E-state index is 12.8. The lowest BCUT2D eigenvalue weighted by Crippen LogP contribution is -2.27. The van der Waals surface area contributed by atoms with Crippen molar-refractivity contribution < 1.29 is 32.2 Å². The number of ketones is 1. The summed E-state index contributed by atoms with van der Waals surface area (Å²) in [5, 5.41) is 12.0. The van der Waals surface area contributed by atoms with Crippen molar-refractivity contribution in [2.45, 2.75) is 31.4 Å². The van der Waals surface area contributed by atoms with Crippen molar-refractivity contribution >= 4 is 17.4 Å². The van der Waals surface area contributed by atoms with Crippen LogP contribution >= 0.6 is 0 Å². The summed E-state index contributed by atoms with van der Waals surface area (Å²) in [5.41, 5.74) is 6.27. The standard InChI is InChI=1S/C25H20F3N3O4/c26-25(27,28)15-3-1-4-16(11-15)31-21(33)13-34-17-9-7-14(8-10-17)22-18(12-29)24(30)35-20-6-2-5-19(32)23(20)22/h1,3-4,7-11,22H,2,5-6,13,30H2,(H,31,33). The molecule has 1 amide bonds. The number of halogens is 3. The van der Waals surface area contributed by atoms with E-state index in [4.69, 9.17) is 15.2 Å². The van der Waals surface area contributed by atoms with E-state index in [1.54, 1.807) is 24.3 Å². The highest BCUT2D eigenvalue weighted by Crippen LogP contribution is 2.43. The van der Waals surface area contributed by atoms with Gasteiger partial charge in [-0.3, -0.25) is 9.59 Å². The van der Waals surface area contributed by atoms with E-state index < -0.39 is 30.2 Å². The fraction of sp³-hybridized carbons (Fsp3) is 0.240. The Kier molecular flexibility index (Phi) is 6.51. The van der Waals surface area contributed by atoms with Crippen LogP contribution < -0.4 is 15.8 Å². The Morgan fingerprint density at radius 3 is 2.63 bits per heavy atom. The van der Waals surface area contributed by atoms with Crippen LogP contribution in [0.25, 0.3) is 0 Å². The molecule has 1 aliphatic carbocycles. The minimum absolute atomic E-state index is 0.00192. The number of benzene rings is 2. The number of carbonyl (C=O) groups is 2. The number of amides is 1. The predicted molar refractivity (Wildman–Crippen MR) is 119 cm³/mol. The summed E-state index contributed by atoms with van der Waals surface area (Å²) >= 11 is 0. The van der Waals surface area contributed by atoms with Crippen molar-refractivity contribution in [3.63, 3.8) is 0 Å². The Balaban J connectivity index is 1.45. The van der Waals surface area contributed by atoms with Crippen LogP contribution in [0.2, 0.25) is 0 Å². The molecule has 0 saturated heterocycles. The van der Waals surface area contributed by atoms with Crippen molar-refractivity contribution in [3.05, 3.63) is 82.4 Å². The van der Waals surface area contributed by atoms with Crippen LogP contribution in [-0.4, -0.2) is 18.3 Å². The first-order chi connectivity index (χ1) is 16.7. The van der Waals surface area contributed by atoms with Gasteiger partial charge in [0, 0.05) is 24.1 Å². The summed E-state index contributed by atoms with van der Waals surface area (Å²) in [5.74, 6) is -0.618. The summed E-state index contributed by atoms with van der Waals surface area (Å²) in [4.78, 5) is 24.8. The molecule has 35 heavy (non-hydrogen) atoms. The first-order valence-corrected chi connectivity index (χ1v) is 10.7. The van der Waals surface area contributed by atoms with E-state index >= 15 is 0 Å². The van der Waals surface area contributed by atoms with E-state index in [0.29, 0.717) is 41.9 Å². The van der Waals surface area contributed by atoms with Gasteiger partial charge in [-0.15, -0.1) is 0 Å². The second kappa shape index (κ2) is 9.54. The van der Waals surface area contributed by atoms with Crippen molar-refractivity contribution in [2.75, 3.05) is 11.9 Å². The third-order valence-corrected chi connectivity index (χ3v) is 5.66. The third kappa shape index (κ3) is 5.14. The minimum atomic E-state index is -4.52. The lowest BCUT2D eigenvalue weighted by atomic mass is 9.77. The van der Waals surface area contributed by atoms with E-state index in [1.807, 2.05) is 6.07 Å². The molecule has 0 saturated carbocycles. The summed E-state index contributed by atoms with van der Waals surface area (Å²) in [6, 6.07) is 12.8. The van der Waals surface area contributed by atoms with E-state index in [1.165, 1.54) is 12.1 Å². The Labute approximate surface area is 198 Å². The second-order valence-corrected chi connectivity index (χ2v) is 8.02. The minimum Gasteiger partial charge on any atom is -0.484 e. The summed E-state index contributed by atoms with van der Waals surface area (Å²) < 4.78 is 49.5. The highest BCUT2D eigenvalue weighted by Gasteiger charge is 2.38. The molecule has 2 aromatic rings. The molecule has 2 aromatic carbocycles. The summed E-state index contributed by atoms with van der Waals surface area (Å²) in [6.45, 7) is -0.434. The highest BCUT2D eigenvalue weighted by molar-refractivity contribution is 5.99. The van der Waals surface area contributed by atoms with Gasteiger partial charge in [0.25, 0.3) is 5.91 Å². The van der Waals surface area contributed by atoms with Crippen LogP contribution in [0.15, 0.2) is 71.3 Å². The zero-order valence-corrected chi connectivity index (χ0v) is 18.3. The molecular weight excluding hydrogens is 463 g/mol. The smallest absolute Gasteiger partial charge is 0.416 e. The number of hydrogen-bond donors (Lipinski definition) is 2. The number of nitrogens with one attached hydrogen (secondary N) is 1. The Hall–Kier alpha value is -4.26. The second-order valence-electron chi connectivity index (χ2n) is 8.02. The van der Waals surface area contributed by atoms with Crippen LogP contribution in [-0.2, 0) is 20.5 Å². The van der Waals surface area contributed by atoms with Crippen molar-refractivity contribution in [1.82, 2.24) is 0 Å². The van der Waals surface area contributed by atoms with Crippen LogP contribution in [0.4, 0.5) is 18.9 Å². The topological polar surface area (TPSA) is 114 Å². The zero-order chi connectivity index (χ0) is 25.2. The quantitative estimate of drug-likeness (QED) is 0.646. The molecule has 1 unspecified atom stereocenters. The molecule has 0 fully saturated rings. The molecule has 1 aliphatic heterocycles. The number of rotatable bonds is 5. The highest BCUT2D eigenvalue weighted by atomic mass is 19.4. The van der Waals surface area contributed by atoms with Crippen LogP contribution in [0.1, 0.15) is 36.3 Å². The SMILES string of the molecule is N#CC1=C(N)OC2=C(C(=O)CCC2)C1c1ccc(OCC(=O)Nc2cccc(C(F)(F)F)c2)cc1. The number of nitriles is 1. The maximum absolute atomic E-state index is 12.8. The van der Waals surface area contributed by atoms with Gasteiger partial charge < -0.3 is 20.5 Å². The molecule has 3 N–H and O–H groups in total. The van der Waals surface area contributed by atoms with Crippen LogP contribution in [0.3, 0.4) is 0 Å². The third-order valence-electron chi connectivity index (χ3n) is 5.66. The average Bonchev–Trinajstić information content (AvgIpc) is 2.82. The van der Waals surface area contributed by atoms with E-state index in [0.717, 1.165) is 12.1 Å². The number of nitrogens with zero attached hydrogens (tertiary/aromatic N) is 1. The zero-order valence-electron chi connectivity index (χ0n) is 18.3. The van der Waals surface area contributed by atoms with Gasteiger partial charge in [-0.05, 0) is 42.3 Å². The Morgan fingerprint density at radius 2 is 1.94 bits per heavy atom. The molecular formula is C25H20F3N3O4. The largest absolute Gasteiger partial charge is 0.484 e. The normalized spacial score (nSPS) is 17.9. The number of alkyl halides is 3. The number of anilines is 1. The molecule has 7 nitrogen and oxygen atoms in total. The first-order valence-electron chi connectivity index (χ1n) is 10.7. The molecule has 0 spiro atoms. The van der Waals surface area contributed by atoms with E-state index in [9.17, 15) is 28.0 Å². The molecule has 4 rings (SSSR count). The van der Waals surface area contributed by atoms with E-state index in [-0.39, 0.29) is 22.9 Å². The van der Waals surface area contributed by atoms with Gasteiger partial charge in [0.05, 0.1) is 11.5 Å². The molecule has 1 heterocycles. The van der Waals surface area contributed by atoms with Crippen molar-refractivity contribution in [2.24, 2.45) is 5.73 Å². The van der Waals surface area contributed by atoms with Gasteiger partial charge in [0.2, 0.25) is 5.88 Å². The molecule has 2 aliphatic rings. The fourth-order valence-electron chi connectivity index (χ4n) is 4.07. The average molecular weight is 483 g/mol. The molecule has 0 radical (unpaired) electrons. The van der Waals surface area contributed by atoms with Gasteiger partial charge in [-0.2, -0.15) is 18.4 Å².